The van der Waals surface area contributed by atoms with E-state index < -0.39 is 0 Å². The Balaban J connectivity index is 2.52. The maximum absolute atomic E-state index is 11.9. The Morgan fingerprint density at radius 3 is 2.62 bits per heavy atom. The summed E-state index contributed by atoms with van der Waals surface area (Å²) < 4.78 is 5.67. The van der Waals surface area contributed by atoms with Gasteiger partial charge in [-0.1, -0.05) is 19.9 Å². The lowest BCUT2D eigenvalue weighted by molar-refractivity contribution is -0.122. The van der Waals surface area contributed by atoms with Crippen molar-refractivity contribution < 1.29 is 9.53 Å². The third-order valence-electron chi connectivity index (χ3n) is 2.87. The van der Waals surface area contributed by atoms with E-state index in [0.29, 0.717) is 24.9 Å². The van der Waals surface area contributed by atoms with E-state index in [9.17, 15) is 4.79 Å². The minimum Gasteiger partial charge on any atom is -0.475 e. The molecular formula is C16H27N3O2. The number of carbonyl (C=O) groups is 1. The summed E-state index contributed by atoms with van der Waals surface area (Å²) in [4.78, 5) is 16.1. The Hall–Kier alpha value is -1.62. The number of amides is 1. The van der Waals surface area contributed by atoms with Gasteiger partial charge in [-0.05, 0) is 32.8 Å². The Morgan fingerprint density at radius 1 is 1.29 bits per heavy atom. The second-order valence-corrected chi connectivity index (χ2v) is 5.88. The average Bonchev–Trinajstić information content (AvgIpc) is 2.42. The molecule has 0 spiro atoms. The quantitative estimate of drug-likeness (QED) is 0.770. The van der Waals surface area contributed by atoms with Crippen molar-refractivity contribution in [2.75, 3.05) is 6.54 Å². The molecule has 1 heterocycles. The summed E-state index contributed by atoms with van der Waals surface area (Å²) in [5, 5.41) is 6.12. The third kappa shape index (κ3) is 6.58. The standard InChI is InChI=1S/C16H27N3O2/c1-11(2)9-19-15(20)13(5)18-10-14-7-6-8-17-16(14)21-12(3)4/h6-8,11-13,18H,9-10H2,1-5H3,(H,19,20). The largest absolute Gasteiger partial charge is 0.475 e. The zero-order valence-electron chi connectivity index (χ0n) is 13.6. The molecule has 1 aromatic heterocycles. The van der Waals surface area contributed by atoms with Gasteiger partial charge in [-0.3, -0.25) is 4.79 Å². The molecule has 1 amide bonds. The van der Waals surface area contributed by atoms with Crippen LogP contribution in [0.2, 0.25) is 0 Å². The van der Waals surface area contributed by atoms with E-state index in [2.05, 4.69) is 29.5 Å². The molecule has 1 atom stereocenters. The fourth-order valence-corrected chi connectivity index (χ4v) is 1.70. The predicted molar refractivity (Wildman–Crippen MR) is 84.2 cm³/mol. The van der Waals surface area contributed by atoms with Gasteiger partial charge in [0.1, 0.15) is 0 Å². The second-order valence-electron chi connectivity index (χ2n) is 5.88. The van der Waals surface area contributed by atoms with Crippen LogP contribution >= 0.6 is 0 Å². The molecule has 0 saturated carbocycles. The highest BCUT2D eigenvalue weighted by atomic mass is 16.5. The Bertz CT molecular complexity index is 447. The van der Waals surface area contributed by atoms with Crippen LogP contribution in [0.25, 0.3) is 0 Å². The first-order chi connectivity index (χ1) is 9.90. The van der Waals surface area contributed by atoms with Crippen molar-refractivity contribution in [3.63, 3.8) is 0 Å². The maximum Gasteiger partial charge on any atom is 0.236 e. The number of ether oxygens (including phenoxy) is 1. The minimum absolute atomic E-state index is 0.0129. The van der Waals surface area contributed by atoms with Gasteiger partial charge in [0.2, 0.25) is 11.8 Å². The zero-order valence-corrected chi connectivity index (χ0v) is 13.6. The van der Waals surface area contributed by atoms with E-state index >= 15 is 0 Å². The summed E-state index contributed by atoms with van der Waals surface area (Å²) in [7, 11) is 0. The molecule has 0 aliphatic heterocycles. The number of hydrogen-bond acceptors (Lipinski definition) is 4. The van der Waals surface area contributed by atoms with Gasteiger partial charge in [-0.15, -0.1) is 0 Å². The minimum atomic E-state index is -0.254. The first-order valence-corrected chi connectivity index (χ1v) is 7.51. The molecular weight excluding hydrogens is 266 g/mol. The lowest BCUT2D eigenvalue weighted by Crippen LogP contribution is -2.43. The molecule has 2 N–H and O–H groups in total. The Kier molecular flexibility index (Phi) is 7.15. The van der Waals surface area contributed by atoms with Crippen molar-refractivity contribution in [3.05, 3.63) is 23.9 Å². The van der Waals surface area contributed by atoms with Crippen LogP contribution in [0.5, 0.6) is 5.88 Å². The predicted octanol–water partition coefficient (Wildman–Crippen LogP) is 2.12. The molecule has 0 radical (unpaired) electrons. The molecule has 21 heavy (non-hydrogen) atoms. The van der Waals surface area contributed by atoms with E-state index in [1.165, 1.54) is 0 Å². The van der Waals surface area contributed by atoms with Crippen LogP contribution in [0.1, 0.15) is 40.2 Å². The van der Waals surface area contributed by atoms with Crippen LogP contribution in [-0.4, -0.2) is 29.6 Å². The summed E-state index contributed by atoms with van der Waals surface area (Å²) in [6.45, 7) is 11.2. The van der Waals surface area contributed by atoms with E-state index in [0.717, 1.165) is 5.56 Å². The SMILES string of the molecule is CC(C)CNC(=O)C(C)NCc1cccnc1OC(C)C. The lowest BCUT2D eigenvalue weighted by atomic mass is 10.2. The van der Waals surface area contributed by atoms with Gasteiger partial charge >= 0.3 is 0 Å². The summed E-state index contributed by atoms with van der Waals surface area (Å²) in [5.74, 6) is 1.08. The van der Waals surface area contributed by atoms with Gasteiger partial charge < -0.3 is 15.4 Å². The highest BCUT2D eigenvalue weighted by Crippen LogP contribution is 2.15. The van der Waals surface area contributed by atoms with Gasteiger partial charge in [0.25, 0.3) is 0 Å². The van der Waals surface area contributed by atoms with Crippen LogP contribution in [0, 0.1) is 5.92 Å². The molecule has 0 aliphatic carbocycles. The highest BCUT2D eigenvalue weighted by molar-refractivity contribution is 5.81. The third-order valence-corrected chi connectivity index (χ3v) is 2.87. The molecule has 0 aromatic carbocycles. The van der Waals surface area contributed by atoms with Crippen LogP contribution in [0.3, 0.4) is 0 Å². The van der Waals surface area contributed by atoms with Crippen LogP contribution in [-0.2, 0) is 11.3 Å². The van der Waals surface area contributed by atoms with Gasteiger partial charge in [0, 0.05) is 24.8 Å². The van der Waals surface area contributed by atoms with E-state index in [-0.39, 0.29) is 18.1 Å². The molecule has 1 unspecified atom stereocenters. The highest BCUT2D eigenvalue weighted by Gasteiger charge is 2.14. The maximum atomic E-state index is 11.9. The van der Waals surface area contributed by atoms with E-state index in [1.54, 1.807) is 6.20 Å². The summed E-state index contributed by atoms with van der Waals surface area (Å²) in [5.41, 5.74) is 0.953. The molecule has 1 rings (SSSR count). The monoisotopic (exact) mass is 293 g/mol. The molecule has 118 valence electrons. The average molecular weight is 293 g/mol. The fourth-order valence-electron chi connectivity index (χ4n) is 1.70. The number of aromatic nitrogens is 1. The molecule has 0 fully saturated rings. The fraction of sp³-hybridized carbons (Fsp3) is 0.625. The number of carbonyl (C=O) groups excluding carboxylic acids is 1. The van der Waals surface area contributed by atoms with Crippen molar-refractivity contribution in [3.8, 4) is 5.88 Å². The van der Waals surface area contributed by atoms with Gasteiger partial charge in [-0.2, -0.15) is 0 Å². The number of nitrogens with zero attached hydrogens (tertiary/aromatic N) is 1. The summed E-state index contributed by atoms with van der Waals surface area (Å²) in [6, 6.07) is 3.57. The van der Waals surface area contributed by atoms with E-state index in [1.807, 2.05) is 32.9 Å². The lowest BCUT2D eigenvalue weighted by Gasteiger charge is -2.17. The van der Waals surface area contributed by atoms with Gasteiger partial charge in [-0.25, -0.2) is 4.98 Å². The van der Waals surface area contributed by atoms with Crippen molar-refractivity contribution in [1.29, 1.82) is 0 Å². The normalized spacial score (nSPS) is 12.5. The first kappa shape index (κ1) is 17.4. The van der Waals surface area contributed by atoms with Crippen LogP contribution in [0.4, 0.5) is 0 Å². The van der Waals surface area contributed by atoms with Crippen LogP contribution < -0.4 is 15.4 Å². The van der Waals surface area contributed by atoms with Crippen molar-refractivity contribution in [2.24, 2.45) is 5.92 Å². The molecule has 0 saturated heterocycles. The summed E-state index contributed by atoms with van der Waals surface area (Å²) in [6.07, 6.45) is 1.78. The number of rotatable bonds is 8. The van der Waals surface area contributed by atoms with E-state index in [4.69, 9.17) is 4.74 Å². The summed E-state index contributed by atoms with van der Waals surface area (Å²) >= 11 is 0. The van der Waals surface area contributed by atoms with Crippen molar-refractivity contribution in [2.45, 2.75) is 53.3 Å². The Morgan fingerprint density at radius 2 is 2.00 bits per heavy atom. The zero-order chi connectivity index (χ0) is 15.8. The van der Waals surface area contributed by atoms with Gasteiger partial charge in [0.15, 0.2) is 0 Å². The topological polar surface area (TPSA) is 63.2 Å². The molecule has 1 aromatic rings. The smallest absolute Gasteiger partial charge is 0.236 e. The molecule has 5 nitrogen and oxygen atoms in total. The van der Waals surface area contributed by atoms with Crippen molar-refractivity contribution in [1.82, 2.24) is 15.6 Å². The number of nitrogens with one attached hydrogen (secondary N) is 2. The van der Waals surface area contributed by atoms with Crippen LogP contribution in [0.15, 0.2) is 18.3 Å². The molecule has 0 aliphatic rings. The van der Waals surface area contributed by atoms with Crippen molar-refractivity contribution >= 4 is 5.91 Å². The Labute approximate surface area is 127 Å². The second kappa shape index (κ2) is 8.62. The first-order valence-electron chi connectivity index (χ1n) is 7.51. The van der Waals surface area contributed by atoms with Gasteiger partial charge in [0.05, 0.1) is 12.1 Å². The molecule has 0 bridgehead atoms. The molecule has 5 heteroatoms. The number of hydrogen-bond donors (Lipinski definition) is 2. The number of pyridine rings is 1.